The number of pyridine rings is 1. The number of aromatic nitrogens is 1. The fraction of sp³-hybridized carbons (Fsp3) is 0.250. The summed E-state index contributed by atoms with van der Waals surface area (Å²) in [6, 6.07) is 11.9. The van der Waals surface area contributed by atoms with Crippen LogP contribution >= 0.6 is 0 Å². The number of nitrogens with one attached hydrogen (secondary N) is 1. The molecule has 0 amide bonds. The molecule has 1 aromatic carbocycles. The van der Waals surface area contributed by atoms with Crippen molar-refractivity contribution in [1.29, 1.82) is 5.41 Å². The molecule has 104 valence electrons. The molecule has 0 spiro atoms. The normalized spacial score (nSPS) is 10.3. The molecule has 0 atom stereocenters. The monoisotopic (exact) mass is 268 g/mol. The molecule has 0 aliphatic heterocycles. The molecule has 1 aromatic heterocycles. The van der Waals surface area contributed by atoms with Gasteiger partial charge in [0.15, 0.2) is 0 Å². The first-order valence-corrected chi connectivity index (χ1v) is 6.71. The number of nitrogen functional groups attached to an aromatic ring is 1. The molecule has 20 heavy (non-hydrogen) atoms. The number of aryl methyl sites for hydroxylation is 1. The van der Waals surface area contributed by atoms with E-state index in [1.165, 1.54) is 0 Å². The number of hydrogen-bond donors (Lipinski definition) is 2. The van der Waals surface area contributed by atoms with Crippen LogP contribution in [0.5, 0.6) is 0 Å². The van der Waals surface area contributed by atoms with Crippen molar-refractivity contribution < 1.29 is 0 Å². The number of benzene rings is 1. The summed E-state index contributed by atoms with van der Waals surface area (Å²) >= 11 is 0. The summed E-state index contributed by atoms with van der Waals surface area (Å²) in [4.78, 5) is 6.54. The highest BCUT2D eigenvalue weighted by atomic mass is 15.1. The summed E-state index contributed by atoms with van der Waals surface area (Å²) < 4.78 is 0. The first-order valence-electron chi connectivity index (χ1n) is 6.71. The Morgan fingerprint density at radius 3 is 2.70 bits per heavy atom. The van der Waals surface area contributed by atoms with Gasteiger partial charge in [0.25, 0.3) is 0 Å². The second-order valence-corrected chi connectivity index (χ2v) is 4.77. The van der Waals surface area contributed by atoms with Crippen molar-refractivity contribution in [2.24, 2.45) is 5.73 Å². The van der Waals surface area contributed by atoms with Gasteiger partial charge < -0.3 is 10.6 Å². The van der Waals surface area contributed by atoms with Crippen molar-refractivity contribution >= 4 is 11.5 Å². The lowest BCUT2D eigenvalue weighted by molar-refractivity contribution is 0.808. The molecule has 1 heterocycles. The smallest absolute Gasteiger partial charge is 0.124 e. The molecule has 0 fully saturated rings. The van der Waals surface area contributed by atoms with Crippen molar-refractivity contribution in [3.63, 3.8) is 0 Å². The van der Waals surface area contributed by atoms with Crippen LogP contribution in [0.3, 0.4) is 0 Å². The minimum atomic E-state index is 0.100. The fourth-order valence-electron chi connectivity index (χ4n) is 2.20. The average molecular weight is 268 g/mol. The Hall–Kier alpha value is -2.36. The van der Waals surface area contributed by atoms with Gasteiger partial charge in [-0.3, -0.25) is 10.4 Å². The Kier molecular flexibility index (Phi) is 4.35. The van der Waals surface area contributed by atoms with Gasteiger partial charge in [-0.15, -0.1) is 0 Å². The minimum Gasteiger partial charge on any atom is -0.384 e. The van der Waals surface area contributed by atoms with E-state index in [0.717, 1.165) is 29.1 Å². The molecule has 3 N–H and O–H groups in total. The summed E-state index contributed by atoms with van der Waals surface area (Å²) in [5, 5.41) is 7.76. The summed E-state index contributed by atoms with van der Waals surface area (Å²) in [6.07, 6.45) is 1.80. The SMILES string of the molecule is CCN(Cc1ccccn1)c1ccc(C)cc1C(=N)N. The van der Waals surface area contributed by atoms with E-state index in [1.54, 1.807) is 6.20 Å². The molecule has 0 aliphatic carbocycles. The molecule has 2 aromatic rings. The predicted octanol–water partition coefficient (Wildman–Crippen LogP) is 2.70. The molecule has 0 unspecified atom stereocenters. The highest BCUT2D eigenvalue weighted by Crippen LogP contribution is 2.23. The lowest BCUT2D eigenvalue weighted by Gasteiger charge is -2.25. The molecule has 4 nitrogen and oxygen atoms in total. The van der Waals surface area contributed by atoms with Crippen molar-refractivity contribution in [3.05, 3.63) is 59.4 Å². The average Bonchev–Trinajstić information content (AvgIpc) is 2.46. The maximum Gasteiger partial charge on any atom is 0.124 e. The zero-order chi connectivity index (χ0) is 14.5. The summed E-state index contributed by atoms with van der Waals surface area (Å²) in [5.74, 6) is 0.100. The van der Waals surface area contributed by atoms with Crippen LogP contribution in [0.25, 0.3) is 0 Å². The maximum atomic E-state index is 7.76. The second kappa shape index (κ2) is 6.19. The topological polar surface area (TPSA) is 66.0 Å². The molecule has 0 aliphatic rings. The third-order valence-electron chi connectivity index (χ3n) is 3.24. The van der Waals surface area contributed by atoms with Crippen molar-refractivity contribution in [2.45, 2.75) is 20.4 Å². The first-order chi connectivity index (χ1) is 9.61. The van der Waals surface area contributed by atoms with E-state index in [4.69, 9.17) is 11.1 Å². The van der Waals surface area contributed by atoms with Gasteiger partial charge in [0.2, 0.25) is 0 Å². The summed E-state index contributed by atoms with van der Waals surface area (Å²) in [7, 11) is 0. The van der Waals surface area contributed by atoms with Crippen LogP contribution in [0, 0.1) is 12.3 Å². The molecular weight excluding hydrogens is 248 g/mol. The fourth-order valence-corrected chi connectivity index (χ4v) is 2.20. The van der Waals surface area contributed by atoms with E-state index in [0.29, 0.717) is 6.54 Å². The number of amidine groups is 1. The largest absolute Gasteiger partial charge is 0.384 e. The van der Waals surface area contributed by atoms with E-state index in [2.05, 4.69) is 16.8 Å². The van der Waals surface area contributed by atoms with Gasteiger partial charge >= 0.3 is 0 Å². The lowest BCUT2D eigenvalue weighted by atomic mass is 10.1. The van der Waals surface area contributed by atoms with Crippen LogP contribution in [-0.2, 0) is 6.54 Å². The molecule has 4 heteroatoms. The maximum absolute atomic E-state index is 7.76. The Labute approximate surface area is 119 Å². The van der Waals surface area contributed by atoms with Gasteiger partial charge in [-0.1, -0.05) is 17.7 Å². The zero-order valence-corrected chi connectivity index (χ0v) is 11.9. The molecule has 0 radical (unpaired) electrons. The van der Waals surface area contributed by atoms with E-state index in [1.807, 2.05) is 43.3 Å². The van der Waals surface area contributed by atoms with E-state index in [-0.39, 0.29) is 5.84 Å². The lowest BCUT2D eigenvalue weighted by Crippen LogP contribution is -2.26. The Balaban J connectivity index is 2.34. The Morgan fingerprint density at radius 1 is 1.30 bits per heavy atom. The number of hydrogen-bond acceptors (Lipinski definition) is 3. The van der Waals surface area contributed by atoms with Crippen LogP contribution in [0.4, 0.5) is 5.69 Å². The third-order valence-corrected chi connectivity index (χ3v) is 3.24. The van der Waals surface area contributed by atoms with Crippen LogP contribution in [0.2, 0.25) is 0 Å². The molecule has 0 saturated carbocycles. The van der Waals surface area contributed by atoms with Crippen molar-refractivity contribution in [2.75, 3.05) is 11.4 Å². The van der Waals surface area contributed by atoms with Crippen LogP contribution in [0.15, 0.2) is 42.6 Å². The molecule has 0 saturated heterocycles. The third kappa shape index (κ3) is 3.15. The van der Waals surface area contributed by atoms with Gasteiger partial charge in [0.1, 0.15) is 5.84 Å². The quantitative estimate of drug-likeness (QED) is 0.647. The van der Waals surface area contributed by atoms with Gasteiger partial charge in [0.05, 0.1) is 12.2 Å². The Morgan fingerprint density at radius 2 is 2.10 bits per heavy atom. The molecule has 0 bridgehead atoms. The van der Waals surface area contributed by atoms with Crippen LogP contribution in [0.1, 0.15) is 23.7 Å². The number of nitrogens with two attached hydrogens (primary N) is 1. The number of rotatable bonds is 5. The van der Waals surface area contributed by atoms with Gasteiger partial charge in [-0.2, -0.15) is 0 Å². The highest BCUT2D eigenvalue weighted by molar-refractivity contribution is 6.00. The van der Waals surface area contributed by atoms with Crippen LogP contribution < -0.4 is 10.6 Å². The Bertz CT molecular complexity index is 593. The predicted molar refractivity (Wildman–Crippen MR) is 83.2 cm³/mol. The van der Waals surface area contributed by atoms with Gasteiger partial charge in [-0.25, -0.2) is 0 Å². The van der Waals surface area contributed by atoms with E-state index in [9.17, 15) is 0 Å². The van der Waals surface area contributed by atoms with Crippen molar-refractivity contribution in [3.8, 4) is 0 Å². The van der Waals surface area contributed by atoms with E-state index < -0.39 is 0 Å². The summed E-state index contributed by atoms with van der Waals surface area (Å²) in [6.45, 7) is 5.64. The van der Waals surface area contributed by atoms with Crippen LogP contribution in [-0.4, -0.2) is 17.4 Å². The van der Waals surface area contributed by atoms with E-state index >= 15 is 0 Å². The first kappa shape index (κ1) is 14.1. The van der Waals surface area contributed by atoms with Crippen molar-refractivity contribution in [1.82, 2.24) is 4.98 Å². The standard InChI is InChI=1S/C16H20N4/c1-3-20(11-13-6-4-5-9-19-13)15-8-7-12(2)10-14(15)16(17)18/h4-10H,3,11H2,1-2H3,(H3,17,18). The number of anilines is 1. The zero-order valence-electron chi connectivity index (χ0n) is 11.9. The highest BCUT2D eigenvalue weighted by Gasteiger charge is 2.12. The second-order valence-electron chi connectivity index (χ2n) is 4.77. The van der Waals surface area contributed by atoms with Gasteiger partial charge in [0, 0.05) is 24.0 Å². The molecular formula is C16H20N4. The van der Waals surface area contributed by atoms with Gasteiger partial charge in [-0.05, 0) is 38.1 Å². The molecule has 2 rings (SSSR count). The number of nitrogens with zero attached hydrogens (tertiary/aromatic N) is 2. The summed E-state index contributed by atoms with van der Waals surface area (Å²) in [5.41, 5.74) is 9.58. The minimum absolute atomic E-state index is 0.100.